The fourth-order valence-corrected chi connectivity index (χ4v) is 3.18. The SMILES string of the molecule is CC(C)C(=O)N(C)[C@H]1CC[C@](C#N)(c2ccc(N)cn2)CC1. The number of nitrogens with two attached hydrogens (primary N) is 1. The predicted molar refractivity (Wildman–Crippen MR) is 85.8 cm³/mol. The standard InChI is InChI=1S/C17H24N4O/c1-12(2)16(22)21(3)14-6-8-17(11-18,9-7-14)15-5-4-13(19)10-20-15/h4-5,10,12,14H,6-9,19H2,1-3H3/t14-,17-. The van der Waals surface area contributed by atoms with Gasteiger partial charge < -0.3 is 10.6 Å². The highest BCUT2D eigenvalue weighted by Crippen LogP contribution is 2.39. The van der Waals surface area contributed by atoms with Crippen molar-refractivity contribution in [2.75, 3.05) is 12.8 Å². The molecular formula is C17H24N4O. The number of aromatic nitrogens is 1. The second-order valence-corrected chi connectivity index (χ2v) is 6.51. The van der Waals surface area contributed by atoms with E-state index in [0.717, 1.165) is 31.4 Å². The molecular weight excluding hydrogens is 276 g/mol. The van der Waals surface area contributed by atoms with Crippen molar-refractivity contribution in [3.63, 3.8) is 0 Å². The average Bonchev–Trinajstić information content (AvgIpc) is 2.54. The molecule has 5 nitrogen and oxygen atoms in total. The lowest BCUT2D eigenvalue weighted by atomic mass is 9.71. The Morgan fingerprint density at radius 3 is 2.55 bits per heavy atom. The number of amides is 1. The number of pyridine rings is 1. The highest BCUT2D eigenvalue weighted by molar-refractivity contribution is 5.78. The van der Waals surface area contributed by atoms with Crippen LogP contribution >= 0.6 is 0 Å². The minimum Gasteiger partial charge on any atom is -0.397 e. The second kappa shape index (κ2) is 6.35. The molecule has 0 bridgehead atoms. The van der Waals surface area contributed by atoms with Gasteiger partial charge >= 0.3 is 0 Å². The Hall–Kier alpha value is -2.09. The molecule has 5 heteroatoms. The van der Waals surface area contributed by atoms with Crippen molar-refractivity contribution in [1.29, 1.82) is 5.26 Å². The predicted octanol–water partition coefficient (Wildman–Crippen LogP) is 2.48. The Bertz CT molecular complexity index is 565. The largest absolute Gasteiger partial charge is 0.397 e. The molecule has 0 atom stereocenters. The van der Waals surface area contributed by atoms with Crippen LogP contribution in [0.25, 0.3) is 0 Å². The molecule has 118 valence electrons. The summed E-state index contributed by atoms with van der Waals surface area (Å²) in [5, 5.41) is 9.68. The molecule has 0 radical (unpaired) electrons. The molecule has 1 saturated carbocycles. The van der Waals surface area contributed by atoms with E-state index in [1.54, 1.807) is 12.3 Å². The van der Waals surface area contributed by atoms with Gasteiger partial charge in [-0.25, -0.2) is 0 Å². The van der Waals surface area contributed by atoms with Crippen LogP contribution in [0.3, 0.4) is 0 Å². The van der Waals surface area contributed by atoms with Gasteiger partial charge in [-0.1, -0.05) is 13.8 Å². The van der Waals surface area contributed by atoms with E-state index in [4.69, 9.17) is 5.73 Å². The zero-order valence-electron chi connectivity index (χ0n) is 13.5. The van der Waals surface area contributed by atoms with Crippen molar-refractivity contribution in [1.82, 2.24) is 9.88 Å². The van der Waals surface area contributed by atoms with Gasteiger partial charge in [0.2, 0.25) is 5.91 Å². The van der Waals surface area contributed by atoms with Crippen LogP contribution in [0.1, 0.15) is 45.2 Å². The summed E-state index contributed by atoms with van der Waals surface area (Å²) < 4.78 is 0. The lowest BCUT2D eigenvalue weighted by molar-refractivity contribution is -0.136. The zero-order chi connectivity index (χ0) is 16.3. The lowest BCUT2D eigenvalue weighted by Gasteiger charge is -2.39. The summed E-state index contributed by atoms with van der Waals surface area (Å²) in [6, 6.07) is 6.31. The van der Waals surface area contributed by atoms with Crippen LogP contribution in [0.2, 0.25) is 0 Å². The molecule has 1 aliphatic carbocycles. The molecule has 1 heterocycles. The molecule has 1 aromatic rings. The van der Waals surface area contributed by atoms with Gasteiger partial charge in [0.05, 0.1) is 29.1 Å². The molecule has 0 saturated heterocycles. The van der Waals surface area contributed by atoms with Gasteiger partial charge in [0.25, 0.3) is 0 Å². The number of anilines is 1. The average molecular weight is 300 g/mol. The summed E-state index contributed by atoms with van der Waals surface area (Å²) >= 11 is 0. The maximum atomic E-state index is 12.1. The van der Waals surface area contributed by atoms with Crippen molar-refractivity contribution in [3.05, 3.63) is 24.0 Å². The smallest absolute Gasteiger partial charge is 0.225 e. The summed E-state index contributed by atoms with van der Waals surface area (Å²) in [5.74, 6) is 0.173. The Balaban J connectivity index is 2.10. The molecule has 0 aromatic carbocycles. The number of carbonyl (C=O) groups excluding carboxylic acids is 1. The van der Waals surface area contributed by atoms with Crippen LogP contribution in [0.5, 0.6) is 0 Å². The molecule has 0 spiro atoms. The number of carbonyl (C=O) groups is 1. The van der Waals surface area contributed by atoms with Crippen molar-refractivity contribution in [2.24, 2.45) is 5.92 Å². The summed E-state index contributed by atoms with van der Waals surface area (Å²) in [5.41, 5.74) is 6.52. The van der Waals surface area contributed by atoms with Crippen molar-refractivity contribution in [3.8, 4) is 6.07 Å². The molecule has 1 amide bonds. The zero-order valence-corrected chi connectivity index (χ0v) is 13.5. The minimum absolute atomic E-state index is 0.00594. The van der Waals surface area contributed by atoms with Crippen LogP contribution in [0.4, 0.5) is 5.69 Å². The maximum Gasteiger partial charge on any atom is 0.225 e. The van der Waals surface area contributed by atoms with E-state index in [1.165, 1.54) is 0 Å². The van der Waals surface area contributed by atoms with Crippen LogP contribution in [-0.2, 0) is 10.2 Å². The van der Waals surface area contributed by atoms with Crippen molar-refractivity contribution < 1.29 is 4.79 Å². The Labute approximate surface area is 132 Å². The van der Waals surface area contributed by atoms with E-state index in [-0.39, 0.29) is 17.9 Å². The molecule has 0 aliphatic heterocycles. The van der Waals surface area contributed by atoms with Gasteiger partial charge in [-0.2, -0.15) is 5.26 Å². The third-order valence-electron chi connectivity index (χ3n) is 4.69. The number of nitriles is 1. The highest BCUT2D eigenvalue weighted by atomic mass is 16.2. The minimum atomic E-state index is -0.550. The first-order chi connectivity index (χ1) is 10.4. The third-order valence-corrected chi connectivity index (χ3v) is 4.69. The van der Waals surface area contributed by atoms with Gasteiger partial charge in [-0.3, -0.25) is 9.78 Å². The van der Waals surface area contributed by atoms with E-state index >= 15 is 0 Å². The summed E-state index contributed by atoms with van der Waals surface area (Å²) in [6.45, 7) is 3.83. The quantitative estimate of drug-likeness (QED) is 0.929. The second-order valence-electron chi connectivity index (χ2n) is 6.51. The third kappa shape index (κ3) is 3.06. The number of hydrogen-bond donors (Lipinski definition) is 1. The van der Waals surface area contributed by atoms with Crippen LogP contribution in [0.15, 0.2) is 18.3 Å². The van der Waals surface area contributed by atoms with Crippen LogP contribution in [0, 0.1) is 17.2 Å². The Morgan fingerprint density at radius 2 is 2.09 bits per heavy atom. The summed E-state index contributed by atoms with van der Waals surface area (Å²) in [7, 11) is 1.87. The molecule has 2 N–H and O–H groups in total. The van der Waals surface area contributed by atoms with Crippen molar-refractivity contribution in [2.45, 2.75) is 51.0 Å². The number of nitrogen functional groups attached to an aromatic ring is 1. The van der Waals surface area contributed by atoms with Gasteiger partial charge in [0.1, 0.15) is 0 Å². The summed E-state index contributed by atoms with van der Waals surface area (Å²) in [6.07, 6.45) is 4.71. The highest BCUT2D eigenvalue weighted by Gasteiger charge is 2.40. The van der Waals surface area contributed by atoms with E-state index in [0.29, 0.717) is 5.69 Å². The van der Waals surface area contributed by atoms with E-state index in [9.17, 15) is 10.1 Å². The summed E-state index contributed by atoms with van der Waals surface area (Å²) in [4.78, 5) is 18.3. The maximum absolute atomic E-state index is 12.1. The molecule has 1 aliphatic rings. The number of rotatable bonds is 3. The first-order valence-corrected chi connectivity index (χ1v) is 7.79. The van der Waals surface area contributed by atoms with E-state index in [1.807, 2.05) is 31.9 Å². The molecule has 2 rings (SSSR count). The van der Waals surface area contributed by atoms with Gasteiger partial charge in [-0.05, 0) is 37.8 Å². The van der Waals surface area contributed by atoms with Gasteiger partial charge in [0, 0.05) is 19.0 Å². The molecule has 22 heavy (non-hydrogen) atoms. The van der Waals surface area contributed by atoms with Crippen LogP contribution in [-0.4, -0.2) is 28.9 Å². The Morgan fingerprint density at radius 1 is 1.45 bits per heavy atom. The normalized spacial score (nSPS) is 24.8. The first kappa shape index (κ1) is 16.3. The lowest BCUT2D eigenvalue weighted by Crippen LogP contribution is -2.44. The molecule has 1 fully saturated rings. The number of nitrogens with zero attached hydrogens (tertiary/aromatic N) is 3. The molecule has 1 aromatic heterocycles. The van der Waals surface area contributed by atoms with Gasteiger partial charge in [-0.15, -0.1) is 0 Å². The monoisotopic (exact) mass is 300 g/mol. The fourth-order valence-electron chi connectivity index (χ4n) is 3.18. The topological polar surface area (TPSA) is 83.0 Å². The van der Waals surface area contributed by atoms with Crippen LogP contribution < -0.4 is 5.73 Å². The van der Waals surface area contributed by atoms with E-state index < -0.39 is 5.41 Å². The molecule has 0 unspecified atom stereocenters. The van der Waals surface area contributed by atoms with E-state index in [2.05, 4.69) is 11.1 Å². The fraction of sp³-hybridized carbons (Fsp3) is 0.588. The first-order valence-electron chi connectivity index (χ1n) is 7.79. The van der Waals surface area contributed by atoms with Crippen molar-refractivity contribution >= 4 is 11.6 Å². The Kier molecular flexibility index (Phi) is 4.70. The van der Waals surface area contributed by atoms with Gasteiger partial charge in [0.15, 0.2) is 0 Å². The number of hydrogen-bond acceptors (Lipinski definition) is 4.